The second-order valence-electron chi connectivity index (χ2n) is 3.78. The van der Waals surface area contributed by atoms with Gasteiger partial charge in [0.05, 0.1) is 17.3 Å². The topological polar surface area (TPSA) is 70.2 Å². The maximum absolute atomic E-state index is 11.6. The molecule has 0 aliphatic rings. The number of nitrogens with one attached hydrogen (secondary N) is 3. The third-order valence-corrected chi connectivity index (χ3v) is 3.14. The van der Waals surface area contributed by atoms with Crippen LogP contribution in [-0.4, -0.2) is 25.0 Å². The average Bonchev–Trinajstić information content (AvgIpc) is 2.37. The lowest BCUT2D eigenvalue weighted by atomic mass is 10.3. The predicted molar refractivity (Wildman–Crippen MR) is 84.5 cm³/mol. The van der Waals surface area contributed by atoms with Gasteiger partial charge in [0.25, 0.3) is 0 Å². The molecule has 104 valence electrons. The molecule has 0 spiro atoms. The first-order valence-electron chi connectivity index (χ1n) is 5.79. The van der Waals surface area contributed by atoms with Crippen LogP contribution in [0, 0.1) is 3.57 Å². The molecule has 1 rings (SSSR count). The van der Waals surface area contributed by atoms with Gasteiger partial charge in [-0.2, -0.15) is 0 Å². The summed E-state index contributed by atoms with van der Waals surface area (Å²) in [5.74, 6) is -0.217. The molecule has 1 aromatic rings. The average molecular weight is 396 g/mol. The minimum Gasteiger partial charge on any atom is -0.355 e. The van der Waals surface area contributed by atoms with Crippen molar-refractivity contribution in [3.8, 4) is 0 Å². The molecule has 3 N–H and O–H groups in total. The molecule has 0 bridgehead atoms. The molecule has 0 atom stereocenters. The Morgan fingerprint density at radius 2 is 2.05 bits per heavy atom. The number of rotatable bonds is 5. The van der Waals surface area contributed by atoms with Gasteiger partial charge in [-0.1, -0.05) is 18.5 Å². The molecule has 0 saturated carbocycles. The molecule has 5 nitrogen and oxygen atoms in total. The maximum Gasteiger partial charge on any atom is 0.319 e. The lowest BCUT2D eigenvalue weighted by Crippen LogP contribution is -2.39. The first-order valence-corrected chi connectivity index (χ1v) is 7.25. The van der Waals surface area contributed by atoms with Gasteiger partial charge in [-0.05, 0) is 47.2 Å². The Balaban J connectivity index is 2.41. The number of urea groups is 1. The number of amides is 3. The number of carbonyl (C=O) groups excluding carboxylic acids is 2. The summed E-state index contributed by atoms with van der Waals surface area (Å²) in [7, 11) is 0. The van der Waals surface area contributed by atoms with Crippen molar-refractivity contribution in [1.82, 2.24) is 10.6 Å². The number of hydrogen-bond donors (Lipinski definition) is 3. The molecule has 7 heteroatoms. The van der Waals surface area contributed by atoms with Crippen LogP contribution in [0.3, 0.4) is 0 Å². The zero-order chi connectivity index (χ0) is 14.3. The fourth-order valence-electron chi connectivity index (χ4n) is 1.24. The molecule has 0 aromatic heterocycles. The SMILES string of the molecule is CCCNC(=O)CNC(=O)Nc1ccc(I)cc1Cl. The van der Waals surface area contributed by atoms with Crippen molar-refractivity contribution < 1.29 is 9.59 Å². The Bertz CT molecular complexity index is 468. The quantitative estimate of drug-likeness (QED) is 0.671. The Hall–Kier alpha value is -1.02. The molecule has 0 unspecified atom stereocenters. The van der Waals surface area contributed by atoms with Crippen molar-refractivity contribution >= 4 is 51.8 Å². The van der Waals surface area contributed by atoms with Gasteiger partial charge in [0.1, 0.15) is 0 Å². The van der Waals surface area contributed by atoms with Crippen molar-refractivity contribution in [3.63, 3.8) is 0 Å². The van der Waals surface area contributed by atoms with E-state index in [-0.39, 0.29) is 12.5 Å². The van der Waals surface area contributed by atoms with Gasteiger partial charge in [-0.25, -0.2) is 4.79 Å². The van der Waals surface area contributed by atoms with Crippen molar-refractivity contribution in [1.29, 1.82) is 0 Å². The van der Waals surface area contributed by atoms with Gasteiger partial charge >= 0.3 is 6.03 Å². The number of halogens is 2. The van der Waals surface area contributed by atoms with E-state index in [1.807, 2.05) is 13.0 Å². The molecule has 0 saturated heterocycles. The normalized spacial score (nSPS) is 9.84. The number of anilines is 1. The molecule has 0 aliphatic carbocycles. The fraction of sp³-hybridized carbons (Fsp3) is 0.333. The van der Waals surface area contributed by atoms with E-state index in [2.05, 4.69) is 38.5 Å². The third kappa shape index (κ3) is 6.11. The summed E-state index contributed by atoms with van der Waals surface area (Å²) in [6.45, 7) is 2.50. The number of hydrogen-bond acceptors (Lipinski definition) is 2. The van der Waals surface area contributed by atoms with E-state index in [9.17, 15) is 9.59 Å². The van der Waals surface area contributed by atoms with Gasteiger partial charge < -0.3 is 16.0 Å². The second kappa shape index (κ2) is 8.21. The number of benzene rings is 1. The Kier molecular flexibility index (Phi) is 6.93. The number of carbonyl (C=O) groups is 2. The van der Waals surface area contributed by atoms with E-state index in [0.717, 1.165) is 9.99 Å². The molecular formula is C12H15ClIN3O2. The summed E-state index contributed by atoms with van der Waals surface area (Å²) in [5.41, 5.74) is 0.508. The summed E-state index contributed by atoms with van der Waals surface area (Å²) in [6, 6.07) is 4.82. The molecule has 19 heavy (non-hydrogen) atoms. The highest BCUT2D eigenvalue weighted by molar-refractivity contribution is 14.1. The highest BCUT2D eigenvalue weighted by atomic mass is 127. The Morgan fingerprint density at radius 1 is 1.32 bits per heavy atom. The van der Waals surface area contributed by atoms with Crippen LogP contribution >= 0.6 is 34.2 Å². The first-order chi connectivity index (χ1) is 9.02. The van der Waals surface area contributed by atoms with Gasteiger partial charge in [-0.3, -0.25) is 4.79 Å². The van der Waals surface area contributed by atoms with Crippen LogP contribution in [0.5, 0.6) is 0 Å². The van der Waals surface area contributed by atoms with Gasteiger partial charge in [0.15, 0.2) is 0 Å². The largest absolute Gasteiger partial charge is 0.355 e. The van der Waals surface area contributed by atoms with Crippen LogP contribution in [-0.2, 0) is 4.79 Å². The zero-order valence-electron chi connectivity index (χ0n) is 10.4. The van der Waals surface area contributed by atoms with E-state index in [4.69, 9.17) is 11.6 Å². The molecule has 0 heterocycles. The monoisotopic (exact) mass is 395 g/mol. The minimum absolute atomic E-state index is 0.0617. The molecular weight excluding hydrogens is 381 g/mol. The van der Waals surface area contributed by atoms with Crippen LogP contribution in [0.25, 0.3) is 0 Å². The van der Waals surface area contributed by atoms with Gasteiger partial charge in [0, 0.05) is 10.1 Å². The van der Waals surface area contributed by atoms with Crippen molar-refractivity contribution in [2.45, 2.75) is 13.3 Å². The summed E-state index contributed by atoms with van der Waals surface area (Å²) >= 11 is 8.11. The van der Waals surface area contributed by atoms with E-state index < -0.39 is 6.03 Å². The molecule has 0 fully saturated rings. The van der Waals surface area contributed by atoms with Gasteiger partial charge in [-0.15, -0.1) is 0 Å². The smallest absolute Gasteiger partial charge is 0.319 e. The van der Waals surface area contributed by atoms with Gasteiger partial charge in [0.2, 0.25) is 5.91 Å². The maximum atomic E-state index is 11.6. The molecule has 3 amide bonds. The van der Waals surface area contributed by atoms with Crippen molar-refractivity contribution in [2.24, 2.45) is 0 Å². The van der Waals surface area contributed by atoms with Crippen LogP contribution in [0.15, 0.2) is 18.2 Å². The van der Waals surface area contributed by atoms with Crippen LogP contribution in [0.2, 0.25) is 5.02 Å². The van der Waals surface area contributed by atoms with E-state index in [1.165, 1.54) is 0 Å². The zero-order valence-corrected chi connectivity index (χ0v) is 13.3. The summed E-state index contributed by atoms with van der Waals surface area (Å²) in [6.07, 6.45) is 0.857. The lowest BCUT2D eigenvalue weighted by Gasteiger charge is -2.09. The standard InChI is InChI=1S/C12H15ClIN3O2/c1-2-5-15-11(18)7-16-12(19)17-10-4-3-8(14)6-9(10)13/h3-4,6H,2,5,7H2,1H3,(H,15,18)(H2,16,17,19). The van der Waals surface area contributed by atoms with Crippen molar-refractivity contribution in [3.05, 3.63) is 26.8 Å². The minimum atomic E-state index is -0.463. The molecule has 0 aliphatic heterocycles. The highest BCUT2D eigenvalue weighted by Crippen LogP contribution is 2.23. The fourth-order valence-corrected chi connectivity index (χ4v) is 2.15. The Morgan fingerprint density at radius 3 is 2.68 bits per heavy atom. The second-order valence-corrected chi connectivity index (χ2v) is 5.43. The molecule has 0 radical (unpaired) electrons. The van der Waals surface area contributed by atoms with Crippen LogP contribution in [0.4, 0.5) is 10.5 Å². The Labute approximate surface area is 130 Å². The first kappa shape index (κ1) is 16.0. The third-order valence-electron chi connectivity index (χ3n) is 2.16. The van der Waals surface area contributed by atoms with Crippen molar-refractivity contribution in [2.75, 3.05) is 18.4 Å². The van der Waals surface area contributed by atoms with E-state index in [1.54, 1.807) is 12.1 Å². The summed E-state index contributed by atoms with van der Waals surface area (Å²) in [4.78, 5) is 22.9. The summed E-state index contributed by atoms with van der Waals surface area (Å²) in [5, 5.41) is 8.16. The van der Waals surface area contributed by atoms with E-state index in [0.29, 0.717) is 17.3 Å². The lowest BCUT2D eigenvalue weighted by molar-refractivity contribution is -0.120. The van der Waals surface area contributed by atoms with Crippen LogP contribution in [0.1, 0.15) is 13.3 Å². The molecule has 1 aromatic carbocycles. The highest BCUT2D eigenvalue weighted by Gasteiger charge is 2.07. The van der Waals surface area contributed by atoms with Crippen LogP contribution < -0.4 is 16.0 Å². The summed E-state index contributed by atoms with van der Waals surface area (Å²) < 4.78 is 0.979. The predicted octanol–water partition coefficient (Wildman–Crippen LogP) is 2.59. The van der Waals surface area contributed by atoms with E-state index >= 15 is 0 Å².